The molecular formula is C13H14N2O3. The van der Waals surface area contributed by atoms with Gasteiger partial charge in [-0.15, -0.1) is 0 Å². The molecule has 0 spiro atoms. The largest absolute Gasteiger partial charge is 0.497 e. The van der Waals surface area contributed by atoms with Crippen molar-refractivity contribution in [3.63, 3.8) is 0 Å². The van der Waals surface area contributed by atoms with Gasteiger partial charge in [0.1, 0.15) is 5.75 Å². The van der Waals surface area contributed by atoms with Gasteiger partial charge in [0.25, 0.3) is 0 Å². The van der Waals surface area contributed by atoms with E-state index in [-0.39, 0.29) is 0 Å². The molecule has 0 aliphatic carbocycles. The van der Waals surface area contributed by atoms with Crippen molar-refractivity contribution >= 4 is 5.69 Å². The van der Waals surface area contributed by atoms with Gasteiger partial charge < -0.3 is 19.9 Å². The number of aromatic nitrogens is 1. The Kier molecular flexibility index (Phi) is 3.52. The minimum Gasteiger partial charge on any atom is -0.497 e. The fourth-order valence-electron chi connectivity index (χ4n) is 1.43. The molecule has 0 atom stereocenters. The van der Waals surface area contributed by atoms with Gasteiger partial charge >= 0.3 is 0 Å². The highest BCUT2D eigenvalue weighted by Gasteiger charge is 2.05. The molecule has 0 unspecified atom stereocenters. The lowest BCUT2D eigenvalue weighted by atomic mass is 10.3. The summed E-state index contributed by atoms with van der Waals surface area (Å²) in [4.78, 5) is 4.14. The van der Waals surface area contributed by atoms with Crippen molar-refractivity contribution in [2.45, 2.75) is 0 Å². The molecular weight excluding hydrogens is 232 g/mol. The number of nitrogens with two attached hydrogens (primary N) is 1. The van der Waals surface area contributed by atoms with Gasteiger partial charge in [-0.1, -0.05) is 6.07 Å². The Morgan fingerprint density at radius 3 is 2.44 bits per heavy atom. The predicted molar refractivity (Wildman–Crippen MR) is 68.3 cm³/mol. The molecule has 0 bridgehead atoms. The van der Waals surface area contributed by atoms with E-state index in [2.05, 4.69) is 4.98 Å². The molecule has 2 aromatic rings. The molecule has 2 N–H and O–H groups in total. The van der Waals surface area contributed by atoms with Gasteiger partial charge in [0.15, 0.2) is 5.75 Å². The second-order valence-electron chi connectivity index (χ2n) is 3.52. The third kappa shape index (κ3) is 2.63. The number of hydrogen-bond donors (Lipinski definition) is 1. The first-order chi connectivity index (χ1) is 8.72. The molecule has 1 aromatic heterocycles. The average Bonchev–Trinajstić information content (AvgIpc) is 2.41. The summed E-state index contributed by atoms with van der Waals surface area (Å²) in [5, 5.41) is 0. The molecule has 5 nitrogen and oxygen atoms in total. The first-order valence-electron chi connectivity index (χ1n) is 5.35. The van der Waals surface area contributed by atoms with Gasteiger partial charge in [0, 0.05) is 18.2 Å². The summed E-state index contributed by atoms with van der Waals surface area (Å²) < 4.78 is 15.7. The molecule has 18 heavy (non-hydrogen) atoms. The van der Waals surface area contributed by atoms with Crippen LogP contribution in [0, 0.1) is 0 Å². The Bertz CT molecular complexity index is 544. The number of hydrogen-bond acceptors (Lipinski definition) is 5. The van der Waals surface area contributed by atoms with Crippen LogP contribution >= 0.6 is 0 Å². The predicted octanol–water partition coefficient (Wildman–Crippen LogP) is 2.47. The van der Waals surface area contributed by atoms with Crippen molar-refractivity contribution in [1.29, 1.82) is 0 Å². The third-order valence-electron chi connectivity index (χ3n) is 2.34. The first-order valence-corrected chi connectivity index (χ1v) is 5.35. The topological polar surface area (TPSA) is 66.6 Å². The van der Waals surface area contributed by atoms with Gasteiger partial charge in [0.2, 0.25) is 11.8 Å². The van der Waals surface area contributed by atoms with Crippen LogP contribution in [0.3, 0.4) is 0 Å². The van der Waals surface area contributed by atoms with Crippen LogP contribution in [0.5, 0.6) is 23.3 Å². The van der Waals surface area contributed by atoms with Crippen LogP contribution in [0.2, 0.25) is 0 Å². The van der Waals surface area contributed by atoms with E-state index in [9.17, 15) is 0 Å². The normalized spacial score (nSPS) is 9.89. The maximum Gasteiger partial charge on any atom is 0.222 e. The van der Waals surface area contributed by atoms with Gasteiger partial charge in [0.05, 0.1) is 19.9 Å². The smallest absolute Gasteiger partial charge is 0.222 e. The van der Waals surface area contributed by atoms with Crippen LogP contribution in [-0.4, -0.2) is 19.2 Å². The minimum absolute atomic E-state index is 0.422. The third-order valence-corrected chi connectivity index (χ3v) is 2.34. The zero-order chi connectivity index (χ0) is 13.0. The highest BCUT2D eigenvalue weighted by atomic mass is 16.5. The standard InChI is InChI=1S/C13H14N2O3/c1-16-9-6-7-11(10(14)8-9)18-13-5-3-4-12(15-13)17-2/h3-8H,14H2,1-2H3. The van der Waals surface area contributed by atoms with Crippen LogP contribution in [-0.2, 0) is 0 Å². The number of methoxy groups -OCH3 is 2. The van der Waals surface area contributed by atoms with Crippen molar-refractivity contribution < 1.29 is 14.2 Å². The summed E-state index contributed by atoms with van der Waals surface area (Å²) in [6, 6.07) is 10.5. The maximum atomic E-state index is 5.85. The summed E-state index contributed by atoms with van der Waals surface area (Å²) >= 11 is 0. The molecule has 0 aliphatic rings. The van der Waals surface area contributed by atoms with Gasteiger partial charge in [-0.3, -0.25) is 0 Å². The fourth-order valence-corrected chi connectivity index (χ4v) is 1.43. The van der Waals surface area contributed by atoms with E-state index in [0.717, 1.165) is 0 Å². The van der Waals surface area contributed by atoms with Crippen molar-refractivity contribution in [2.75, 3.05) is 20.0 Å². The highest BCUT2D eigenvalue weighted by Crippen LogP contribution is 2.30. The molecule has 5 heteroatoms. The van der Waals surface area contributed by atoms with E-state index >= 15 is 0 Å². The molecule has 0 radical (unpaired) electrons. The first kappa shape index (κ1) is 12.0. The van der Waals surface area contributed by atoms with E-state index in [4.69, 9.17) is 19.9 Å². The van der Waals surface area contributed by atoms with E-state index < -0.39 is 0 Å². The maximum absolute atomic E-state index is 5.85. The Morgan fingerprint density at radius 2 is 1.78 bits per heavy atom. The number of pyridine rings is 1. The molecule has 2 rings (SSSR count). The summed E-state index contributed by atoms with van der Waals surface area (Å²) in [6.07, 6.45) is 0. The lowest BCUT2D eigenvalue weighted by Crippen LogP contribution is -1.95. The quantitative estimate of drug-likeness (QED) is 0.839. The summed E-state index contributed by atoms with van der Waals surface area (Å²) in [5.41, 5.74) is 6.34. The van der Waals surface area contributed by atoms with Crippen molar-refractivity contribution in [3.8, 4) is 23.3 Å². The van der Waals surface area contributed by atoms with E-state index in [1.807, 2.05) is 0 Å². The number of ether oxygens (including phenoxy) is 3. The number of nitrogen functional groups attached to an aromatic ring is 1. The molecule has 94 valence electrons. The van der Waals surface area contributed by atoms with Crippen molar-refractivity contribution in [3.05, 3.63) is 36.4 Å². The lowest BCUT2D eigenvalue weighted by molar-refractivity contribution is 0.383. The molecule has 0 aliphatic heterocycles. The van der Waals surface area contributed by atoms with Crippen LogP contribution < -0.4 is 19.9 Å². The molecule has 0 amide bonds. The zero-order valence-corrected chi connectivity index (χ0v) is 10.2. The fraction of sp³-hybridized carbons (Fsp3) is 0.154. The van der Waals surface area contributed by atoms with Gasteiger partial charge in [-0.25, -0.2) is 0 Å². The number of anilines is 1. The summed E-state index contributed by atoms with van der Waals surface area (Å²) in [7, 11) is 3.13. The van der Waals surface area contributed by atoms with Crippen LogP contribution in [0.15, 0.2) is 36.4 Å². The van der Waals surface area contributed by atoms with Crippen molar-refractivity contribution in [2.24, 2.45) is 0 Å². The number of rotatable bonds is 4. The molecule has 0 saturated heterocycles. The van der Waals surface area contributed by atoms with E-state index in [1.165, 1.54) is 0 Å². The van der Waals surface area contributed by atoms with E-state index in [0.29, 0.717) is 28.9 Å². The van der Waals surface area contributed by atoms with Crippen LogP contribution in [0.25, 0.3) is 0 Å². The monoisotopic (exact) mass is 246 g/mol. The van der Waals surface area contributed by atoms with E-state index in [1.54, 1.807) is 50.6 Å². The number of benzene rings is 1. The van der Waals surface area contributed by atoms with Gasteiger partial charge in [-0.05, 0) is 12.1 Å². The zero-order valence-electron chi connectivity index (χ0n) is 10.2. The summed E-state index contributed by atoms with van der Waals surface area (Å²) in [5.74, 6) is 2.11. The average molecular weight is 246 g/mol. The molecule has 1 aromatic carbocycles. The van der Waals surface area contributed by atoms with Gasteiger partial charge in [-0.2, -0.15) is 4.98 Å². The van der Waals surface area contributed by atoms with Crippen molar-refractivity contribution in [1.82, 2.24) is 4.98 Å². The molecule has 0 saturated carbocycles. The summed E-state index contributed by atoms with van der Waals surface area (Å²) in [6.45, 7) is 0. The Hall–Kier alpha value is -2.43. The highest BCUT2D eigenvalue weighted by molar-refractivity contribution is 5.57. The second kappa shape index (κ2) is 5.27. The number of nitrogens with zero attached hydrogens (tertiary/aromatic N) is 1. The lowest BCUT2D eigenvalue weighted by Gasteiger charge is -2.09. The SMILES string of the molecule is COc1ccc(Oc2cccc(OC)n2)c(N)c1. The van der Waals surface area contributed by atoms with Crippen LogP contribution in [0.4, 0.5) is 5.69 Å². The minimum atomic E-state index is 0.422. The Labute approximate surface area is 105 Å². The van der Waals surface area contributed by atoms with Crippen LogP contribution in [0.1, 0.15) is 0 Å². The second-order valence-corrected chi connectivity index (χ2v) is 3.52. The Morgan fingerprint density at radius 1 is 1.00 bits per heavy atom. The molecule has 0 fully saturated rings. The Balaban J connectivity index is 2.22. The molecule has 1 heterocycles.